The summed E-state index contributed by atoms with van der Waals surface area (Å²) in [5, 5.41) is 6.42. The quantitative estimate of drug-likeness (QED) is 0.841. The minimum absolute atomic E-state index is 0.153. The van der Waals surface area contributed by atoms with Crippen LogP contribution in [0.1, 0.15) is 47.5 Å². The van der Waals surface area contributed by atoms with Gasteiger partial charge >= 0.3 is 0 Å². The fourth-order valence-corrected chi connectivity index (χ4v) is 3.26. The predicted molar refractivity (Wildman–Crippen MR) is 82.7 cm³/mol. The van der Waals surface area contributed by atoms with Crippen LogP contribution >= 0.6 is 11.3 Å². The lowest BCUT2D eigenvalue weighted by atomic mass is 9.89. The molecule has 2 aromatic heterocycles. The van der Waals surface area contributed by atoms with Crippen LogP contribution in [0.3, 0.4) is 0 Å². The van der Waals surface area contributed by atoms with Crippen LogP contribution in [0.15, 0.2) is 29.8 Å². The topological polar surface area (TPSA) is 34.9 Å². The third kappa shape index (κ3) is 3.07. The number of rotatable bonds is 3. The first-order valence-electron chi connectivity index (χ1n) is 7.14. The standard InChI is InChI=1S/C16H18N2OS/c19-16(13-5-2-1-3-6-13)18-11-10-14(17-18)8-9-15-7-4-12-20-15/h4,7-13H,1-3,5-6H2. The summed E-state index contributed by atoms with van der Waals surface area (Å²) in [5.74, 6) is 0.318. The van der Waals surface area contributed by atoms with Crippen molar-refractivity contribution in [2.75, 3.05) is 0 Å². The van der Waals surface area contributed by atoms with E-state index in [9.17, 15) is 4.79 Å². The summed E-state index contributed by atoms with van der Waals surface area (Å²) in [6, 6.07) is 5.98. The molecule has 1 fully saturated rings. The summed E-state index contributed by atoms with van der Waals surface area (Å²) < 4.78 is 1.52. The fourth-order valence-electron chi connectivity index (χ4n) is 2.64. The number of carbonyl (C=O) groups excluding carboxylic acids is 1. The maximum Gasteiger partial charge on any atom is 0.249 e. The minimum atomic E-state index is 0.153. The van der Waals surface area contributed by atoms with Crippen molar-refractivity contribution >= 4 is 29.4 Å². The smallest absolute Gasteiger partial charge is 0.249 e. The number of aromatic nitrogens is 2. The molecule has 1 aliphatic carbocycles. The first kappa shape index (κ1) is 13.3. The molecule has 0 bridgehead atoms. The van der Waals surface area contributed by atoms with Gasteiger partial charge in [0.1, 0.15) is 0 Å². The Labute approximate surface area is 122 Å². The molecule has 1 aliphatic rings. The molecule has 1 saturated carbocycles. The van der Waals surface area contributed by atoms with Crippen molar-refractivity contribution in [3.05, 3.63) is 40.3 Å². The van der Waals surface area contributed by atoms with Gasteiger partial charge in [0.2, 0.25) is 5.91 Å². The Morgan fingerprint density at radius 3 is 2.85 bits per heavy atom. The molecule has 3 nitrogen and oxygen atoms in total. The zero-order valence-corrected chi connectivity index (χ0v) is 12.2. The van der Waals surface area contributed by atoms with Crippen molar-refractivity contribution in [3.8, 4) is 0 Å². The molecule has 0 amide bonds. The molecule has 4 heteroatoms. The molecule has 104 valence electrons. The van der Waals surface area contributed by atoms with Gasteiger partial charge in [0.15, 0.2) is 0 Å². The van der Waals surface area contributed by atoms with E-state index in [0.717, 1.165) is 18.5 Å². The zero-order chi connectivity index (χ0) is 13.8. The highest BCUT2D eigenvalue weighted by molar-refractivity contribution is 7.10. The lowest BCUT2D eigenvalue weighted by Crippen LogP contribution is -2.24. The summed E-state index contributed by atoms with van der Waals surface area (Å²) in [5.41, 5.74) is 0.836. The van der Waals surface area contributed by atoms with E-state index in [1.165, 1.54) is 28.8 Å². The number of carbonyl (C=O) groups is 1. The predicted octanol–water partition coefficient (Wildman–Crippen LogP) is 4.34. The molecule has 3 rings (SSSR count). The van der Waals surface area contributed by atoms with E-state index >= 15 is 0 Å². The van der Waals surface area contributed by atoms with Gasteiger partial charge in [-0.2, -0.15) is 5.10 Å². The molecule has 0 unspecified atom stereocenters. The second-order valence-corrected chi connectivity index (χ2v) is 6.19. The van der Waals surface area contributed by atoms with Crippen molar-refractivity contribution in [2.45, 2.75) is 32.1 Å². The average molecular weight is 286 g/mol. The molecule has 0 spiro atoms. The third-order valence-corrected chi connectivity index (χ3v) is 4.59. The van der Waals surface area contributed by atoms with Gasteiger partial charge in [0.05, 0.1) is 5.69 Å². The van der Waals surface area contributed by atoms with Crippen molar-refractivity contribution in [2.24, 2.45) is 5.92 Å². The summed E-state index contributed by atoms with van der Waals surface area (Å²) >= 11 is 1.69. The highest BCUT2D eigenvalue weighted by Gasteiger charge is 2.22. The Balaban J connectivity index is 1.68. The maximum absolute atomic E-state index is 12.3. The highest BCUT2D eigenvalue weighted by Crippen LogP contribution is 2.25. The number of hydrogen-bond donors (Lipinski definition) is 0. The van der Waals surface area contributed by atoms with Crippen LogP contribution in [0, 0.1) is 5.92 Å². The number of hydrogen-bond acceptors (Lipinski definition) is 3. The van der Waals surface area contributed by atoms with Crippen LogP contribution in [-0.4, -0.2) is 15.7 Å². The highest BCUT2D eigenvalue weighted by atomic mass is 32.1. The molecular formula is C16H18N2OS. The van der Waals surface area contributed by atoms with Crippen LogP contribution < -0.4 is 0 Å². The minimum Gasteiger partial charge on any atom is -0.272 e. The molecule has 0 saturated heterocycles. The summed E-state index contributed by atoms with van der Waals surface area (Å²) in [4.78, 5) is 13.5. The van der Waals surface area contributed by atoms with Crippen molar-refractivity contribution in [3.63, 3.8) is 0 Å². The summed E-state index contributed by atoms with van der Waals surface area (Å²) in [6.07, 6.45) is 11.4. The Morgan fingerprint density at radius 1 is 1.25 bits per heavy atom. The molecule has 0 aromatic carbocycles. The maximum atomic E-state index is 12.3. The molecule has 0 atom stereocenters. The molecule has 0 aliphatic heterocycles. The first-order chi connectivity index (χ1) is 9.83. The monoisotopic (exact) mass is 286 g/mol. The van der Waals surface area contributed by atoms with Crippen LogP contribution in [0.5, 0.6) is 0 Å². The fraction of sp³-hybridized carbons (Fsp3) is 0.375. The van der Waals surface area contributed by atoms with Crippen LogP contribution in [0.2, 0.25) is 0 Å². The van der Waals surface area contributed by atoms with Crippen molar-refractivity contribution in [1.82, 2.24) is 9.78 Å². The normalized spacial score (nSPS) is 16.8. The molecule has 2 heterocycles. The summed E-state index contributed by atoms with van der Waals surface area (Å²) in [7, 11) is 0. The molecule has 20 heavy (non-hydrogen) atoms. The van der Waals surface area contributed by atoms with E-state index in [1.54, 1.807) is 17.5 Å². The van der Waals surface area contributed by atoms with E-state index < -0.39 is 0 Å². The van der Waals surface area contributed by atoms with Gasteiger partial charge in [-0.1, -0.05) is 25.3 Å². The Morgan fingerprint density at radius 2 is 2.10 bits per heavy atom. The third-order valence-electron chi connectivity index (χ3n) is 3.75. The summed E-state index contributed by atoms with van der Waals surface area (Å²) in [6.45, 7) is 0. The molecular weight excluding hydrogens is 268 g/mol. The van der Waals surface area contributed by atoms with E-state index in [-0.39, 0.29) is 11.8 Å². The average Bonchev–Trinajstić information content (AvgIpc) is 3.17. The second kappa shape index (κ2) is 6.18. The van der Waals surface area contributed by atoms with Crippen LogP contribution in [0.25, 0.3) is 12.2 Å². The van der Waals surface area contributed by atoms with E-state index in [0.29, 0.717) is 0 Å². The van der Waals surface area contributed by atoms with E-state index in [1.807, 2.05) is 29.7 Å². The van der Waals surface area contributed by atoms with Crippen molar-refractivity contribution in [1.29, 1.82) is 0 Å². The Hall–Kier alpha value is -1.68. The van der Waals surface area contributed by atoms with Gasteiger partial charge in [0, 0.05) is 17.0 Å². The molecule has 0 N–H and O–H groups in total. The van der Waals surface area contributed by atoms with Gasteiger partial charge in [0.25, 0.3) is 0 Å². The first-order valence-corrected chi connectivity index (χ1v) is 8.02. The van der Waals surface area contributed by atoms with E-state index in [4.69, 9.17) is 0 Å². The Bertz CT molecular complexity index is 592. The van der Waals surface area contributed by atoms with Gasteiger partial charge < -0.3 is 0 Å². The SMILES string of the molecule is O=C(C1CCCCC1)n1ccc(C=Cc2cccs2)n1. The van der Waals surface area contributed by atoms with E-state index in [2.05, 4.69) is 11.2 Å². The molecule has 2 aromatic rings. The number of nitrogens with zero attached hydrogens (tertiary/aromatic N) is 2. The molecule has 0 radical (unpaired) electrons. The van der Waals surface area contributed by atoms with Gasteiger partial charge in [-0.25, -0.2) is 4.68 Å². The zero-order valence-electron chi connectivity index (χ0n) is 11.4. The lowest BCUT2D eigenvalue weighted by molar-refractivity contribution is 0.0784. The van der Waals surface area contributed by atoms with Gasteiger partial charge in [-0.05, 0) is 42.5 Å². The van der Waals surface area contributed by atoms with Crippen molar-refractivity contribution < 1.29 is 4.79 Å². The number of thiophene rings is 1. The van der Waals surface area contributed by atoms with Gasteiger partial charge in [-0.15, -0.1) is 11.3 Å². The second-order valence-electron chi connectivity index (χ2n) is 5.21. The van der Waals surface area contributed by atoms with Crippen LogP contribution in [-0.2, 0) is 0 Å². The van der Waals surface area contributed by atoms with Crippen LogP contribution in [0.4, 0.5) is 0 Å². The largest absolute Gasteiger partial charge is 0.272 e. The lowest BCUT2D eigenvalue weighted by Gasteiger charge is -2.19. The van der Waals surface area contributed by atoms with Gasteiger partial charge in [-0.3, -0.25) is 4.79 Å². The Kier molecular flexibility index (Phi) is 4.11.